The second kappa shape index (κ2) is 9.68. The number of nitrogens with zero attached hydrogens (tertiary/aromatic N) is 3. The third-order valence-electron chi connectivity index (χ3n) is 6.66. The molecule has 0 unspecified atom stereocenters. The van der Waals surface area contributed by atoms with Crippen LogP contribution in [0.4, 0.5) is 5.13 Å². The monoisotopic (exact) mass is 439 g/mol. The number of anilines is 1. The molecule has 4 aromatic rings. The quantitative estimate of drug-likeness (QED) is 0.345. The van der Waals surface area contributed by atoms with E-state index in [1.807, 2.05) is 6.20 Å². The molecule has 5 rings (SSSR count). The van der Waals surface area contributed by atoms with Crippen LogP contribution in [-0.2, 0) is 5.41 Å². The van der Waals surface area contributed by atoms with E-state index in [1.54, 1.807) is 11.3 Å². The van der Waals surface area contributed by atoms with Crippen molar-refractivity contribution < 1.29 is 0 Å². The summed E-state index contributed by atoms with van der Waals surface area (Å²) < 4.78 is 0. The molecule has 1 fully saturated rings. The van der Waals surface area contributed by atoms with E-state index < -0.39 is 0 Å². The van der Waals surface area contributed by atoms with Crippen molar-refractivity contribution in [3.05, 3.63) is 119 Å². The van der Waals surface area contributed by atoms with E-state index in [4.69, 9.17) is 0 Å². The molecule has 32 heavy (non-hydrogen) atoms. The Balaban J connectivity index is 1.44. The number of piperazine rings is 1. The summed E-state index contributed by atoms with van der Waals surface area (Å²) in [6.07, 6.45) is 2.95. The maximum atomic E-state index is 4.50. The molecular weight excluding hydrogens is 410 g/mol. The molecule has 0 amide bonds. The number of hydrogen-bond donors (Lipinski definition) is 0. The van der Waals surface area contributed by atoms with Gasteiger partial charge >= 0.3 is 0 Å². The lowest BCUT2D eigenvalue weighted by Gasteiger charge is -2.40. The van der Waals surface area contributed by atoms with Gasteiger partial charge in [-0.2, -0.15) is 0 Å². The Morgan fingerprint density at radius 1 is 0.688 bits per heavy atom. The van der Waals surface area contributed by atoms with Crippen molar-refractivity contribution in [1.29, 1.82) is 0 Å². The molecule has 3 aromatic carbocycles. The van der Waals surface area contributed by atoms with Crippen LogP contribution in [-0.4, -0.2) is 42.6 Å². The van der Waals surface area contributed by atoms with Crippen LogP contribution in [0, 0.1) is 0 Å². The Kier molecular flexibility index (Phi) is 6.33. The smallest absolute Gasteiger partial charge is 0.185 e. The van der Waals surface area contributed by atoms with Crippen molar-refractivity contribution in [3.63, 3.8) is 0 Å². The van der Waals surface area contributed by atoms with Gasteiger partial charge < -0.3 is 4.90 Å². The first-order valence-corrected chi connectivity index (χ1v) is 12.3. The van der Waals surface area contributed by atoms with Gasteiger partial charge in [-0.3, -0.25) is 4.90 Å². The van der Waals surface area contributed by atoms with E-state index >= 15 is 0 Å². The molecule has 4 heteroatoms. The van der Waals surface area contributed by atoms with Crippen LogP contribution >= 0.6 is 11.3 Å². The zero-order chi connectivity index (χ0) is 21.6. The van der Waals surface area contributed by atoms with Gasteiger partial charge in [-0.15, -0.1) is 11.3 Å². The second-order valence-corrected chi connectivity index (χ2v) is 9.27. The summed E-state index contributed by atoms with van der Waals surface area (Å²) in [5.74, 6) is 0. The molecule has 1 aliphatic rings. The number of benzene rings is 3. The fourth-order valence-corrected chi connectivity index (χ4v) is 5.66. The van der Waals surface area contributed by atoms with Crippen molar-refractivity contribution in [2.24, 2.45) is 0 Å². The number of aromatic nitrogens is 1. The SMILES string of the molecule is c1ccc(C(CCN2CCN(c3nccs3)CC2)(c2ccccc2)c2ccccc2)cc1. The maximum Gasteiger partial charge on any atom is 0.185 e. The molecule has 162 valence electrons. The number of rotatable bonds is 7. The van der Waals surface area contributed by atoms with E-state index in [0.717, 1.165) is 44.3 Å². The van der Waals surface area contributed by atoms with E-state index in [-0.39, 0.29) is 5.41 Å². The molecule has 0 saturated carbocycles. The van der Waals surface area contributed by atoms with Crippen LogP contribution in [0.5, 0.6) is 0 Å². The average Bonchev–Trinajstić information content (AvgIpc) is 3.42. The van der Waals surface area contributed by atoms with E-state index in [1.165, 1.54) is 16.7 Å². The molecule has 1 saturated heterocycles. The summed E-state index contributed by atoms with van der Waals surface area (Å²) in [5.41, 5.74) is 3.91. The van der Waals surface area contributed by atoms with Crippen molar-refractivity contribution in [1.82, 2.24) is 9.88 Å². The Hall–Kier alpha value is -2.95. The standard InChI is InChI=1S/C28H29N3S/c1-4-10-24(11-5-1)28(25-12-6-2-7-13-25,26-14-8-3-9-15-26)16-18-30-19-21-31(22-20-30)27-29-17-23-32-27/h1-15,17,23H,16,18-22H2. The van der Waals surface area contributed by atoms with E-state index in [2.05, 4.69) is 111 Å². The highest BCUT2D eigenvalue weighted by Crippen LogP contribution is 2.42. The van der Waals surface area contributed by atoms with Crippen LogP contribution < -0.4 is 4.90 Å². The Morgan fingerprint density at radius 2 is 1.19 bits per heavy atom. The van der Waals surface area contributed by atoms with Gasteiger partial charge in [0.15, 0.2) is 5.13 Å². The average molecular weight is 440 g/mol. The molecule has 1 aromatic heterocycles. The molecule has 0 spiro atoms. The first-order chi connectivity index (χ1) is 15.9. The highest BCUT2D eigenvalue weighted by Gasteiger charge is 2.36. The number of thiazole rings is 1. The summed E-state index contributed by atoms with van der Waals surface area (Å²) in [4.78, 5) is 9.53. The Bertz CT molecular complexity index is 977. The van der Waals surface area contributed by atoms with E-state index in [0.29, 0.717) is 0 Å². The van der Waals surface area contributed by atoms with Crippen LogP contribution in [0.2, 0.25) is 0 Å². The first-order valence-electron chi connectivity index (χ1n) is 11.4. The van der Waals surface area contributed by atoms with Crippen LogP contribution in [0.3, 0.4) is 0 Å². The summed E-state index contributed by atoms with van der Waals surface area (Å²) in [5, 5.41) is 3.21. The first kappa shape index (κ1) is 20.9. The topological polar surface area (TPSA) is 19.4 Å². The Labute approximate surface area is 195 Å². The molecule has 0 aliphatic carbocycles. The van der Waals surface area contributed by atoms with Gasteiger partial charge in [0.05, 0.1) is 0 Å². The minimum absolute atomic E-state index is 0.170. The normalized spacial score (nSPS) is 15.1. The Morgan fingerprint density at radius 3 is 1.62 bits per heavy atom. The van der Waals surface area contributed by atoms with Gasteiger partial charge in [-0.05, 0) is 29.7 Å². The molecule has 0 bridgehead atoms. The van der Waals surface area contributed by atoms with E-state index in [9.17, 15) is 0 Å². The van der Waals surface area contributed by atoms with Crippen LogP contribution in [0.1, 0.15) is 23.1 Å². The fraction of sp³-hybridized carbons (Fsp3) is 0.250. The van der Waals surface area contributed by atoms with Gasteiger partial charge in [0.25, 0.3) is 0 Å². The largest absolute Gasteiger partial charge is 0.346 e. The molecule has 2 heterocycles. The highest BCUT2D eigenvalue weighted by molar-refractivity contribution is 7.13. The van der Waals surface area contributed by atoms with Crippen molar-refractivity contribution in [3.8, 4) is 0 Å². The highest BCUT2D eigenvalue weighted by atomic mass is 32.1. The third-order valence-corrected chi connectivity index (χ3v) is 7.50. The summed E-state index contributed by atoms with van der Waals surface area (Å²) in [6, 6.07) is 33.1. The van der Waals surface area contributed by atoms with Gasteiger partial charge in [-0.25, -0.2) is 4.98 Å². The summed E-state index contributed by atoms with van der Waals surface area (Å²) >= 11 is 1.74. The molecule has 0 radical (unpaired) electrons. The van der Waals surface area contributed by atoms with Crippen LogP contribution in [0.15, 0.2) is 103 Å². The van der Waals surface area contributed by atoms with Gasteiger partial charge in [-0.1, -0.05) is 91.0 Å². The van der Waals surface area contributed by atoms with Crippen molar-refractivity contribution in [2.45, 2.75) is 11.8 Å². The molecular formula is C28H29N3S. The lowest BCUT2D eigenvalue weighted by molar-refractivity contribution is 0.242. The summed E-state index contributed by atoms with van der Waals surface area (Å²) in [6.45, 7) is 5.30. The molecule has 3 nitrogen and oxygen atoms in total. The molecule has 1 aliphatic heterocycles. The minimum Gasteiger partial charge on any atom is -0.346 e. The summed E-state index contributed by atoms with van der Waals surface area (Å²) in [7, 11) is 0. The van der Waals surface area contributed by atoms with Gasteiger partial charge in [0.1, 0.15) is 0 Å². The lowest BCUT2D eigenvalue weighted by Crippen LogP contribution is -2.47. The number of hydrogen-bond acceptors (Lipinski definition) is 4. The minimum atomic E-state index is -0.170. The van der Waals surface area contributed by atoms with Crippen molar-refractivity contribution >= 4 is 16.5 Å². The van der Waals surface area contributed by atoms with Crippen molar-refractivity contribution in [2.75, 3.05) is 37.6 Å². The second-order valence-electron chi connectivity index (χ2n) is 8.40. The van der Waals surface area contributed by atoms with Gasteiger partial charge in [0.2, 0.25) is 0 Å². The van der Waals surface area contributed by atoms with Gasteiger partial charge in [0, 0.05) is 43.2 Å². The predicted octanol–water partition coefficient (Wildman–Crippen LogP) is 5.69. The molecule has 0 atom stereocenters. The zero-order valence-electron chi connectivity index (χ0n) is 18.3. The van der Waals surface area contributed by atoms with Crippen LogP contribution in [0.25, 0.3) is 0 Å². The predicted molar refractivity (Wildman–Crippen MR) is 135 cm³/mol. The lowest BCUT2D eigenvalue weighted by atomic mass is 9.67. The molecule has 0 N–H and O–H groups in total. The fourth-order valence-electron chi connectivity index (χ4n) is 4.96. The third kappa shape index (κ3) is 4.21. The zero-order valence-corrected chi connectivity index (χ0v) is 19.1. The maximum absolute atomic E-state index is 4.50.